The average Bonchev–Trinajstić information content (AvgIpc) is 2.77. The molecule has 1 aliphatic rings. The monoisotopic (exact) mass is 484 g/mol. The second-order valence-corrected chi connectivity index (χ2v) is 9.80. The summed E-state index contributed by atoms with van der Waals surface area (Å²) in [6.07, 6.45) is 2.58. The van der Waals surface area contributed by atoms with Crippen molar-refractivity contribution in [2.24, 2.45) is 0 Å². The van der Waals surface area contributed by atoms with Crippen LogP contribution in [0.4, 0.5) is 0 Å². The Bertz CT molecular complexity index is 1070. The Balaban J connectivity index is 1.62. The van der Waals surface area contributed by atoms with E-state index in [-0.39, 0.29) is 22.0 Å². The van der Waals surface area contributed by atoms with E-state index in [1.54, 1.807) is 24.3 Å². The molecule has 166 valence electrons. The number of nitrogens with one attached hydrogen (secondary N) is 1. The molecule has 1 heterocycles. The Kier molecular flexibility index (Phi) is 7.94. The van der Waals surface area contributed by atoms with Gasteiger partial charge in [-0.1, -0.05) is 47.8 Å². The molecule has 3 rings (SSSR count). The van der Waals surface area contributed by atoms with Crippen molar-refractivity contribution in [3.8, 4) is 0 Å². The summed E-state index contributed by atoms with van der Waals surface area (Å²) in [7, 11) is -3.73. The van der Waals surface area contributed by atoms with E-state index >= 15 is 0 Å². The van der Waals surface area contributed by atoms with Crippen LogP contribution in [0, 0.1) is 0 Å². The molecule has 1 fully saturated rings. The van der Waals surface area contributed by atoms with Gasteiger partial charge in [-0.3, -0.25) is 4.79 Å². The minimum Gasteiger partial charge on any atom is -0.452 e. The number of sulfonamides is 1. The maximum absolute atomic E-state index is 12.8. The highest BCUT2D eigenvalue weighted by Gasteiger charge is 2.27. The number of nitrogens with zero attached hydrogens (tertiary/aromatic N) is 1. The topological polar surface area (TPSA) is 92.8 Å². The molecule has 0 aromatic heterocycles. The smallest absolute Gasteiger partial charge is 0.340 e. The number of hydrogen-bond donors (Lipinski definition) is 1. The van der Waals surface area contributed by atoms with Crippen LogP contribution in [-0.2, 0) is 26.1 Å². The number of hydrogen-bond acceptors (Lipinski definition) is 5. The van der Waals surface area contributed by atoms with E-state index in [1.165, 1.54) is 22.5 Å². The Morgan fingerprint density at radius 1 is 1.00 bits per heavy atom. The van der Waals surface area contributed by atoms with Crippen LogP contribution >= 0.6 is 23.2 Å². The van der Waals surface area contributed by atoms with Crippen LogP contribution in [-0.4, -0.2) is 44.3 Å². The number of halogens is 2. The predicted octanol–water partition coefficient (Wildman–Crippen LogP) is 3.64. The molecule has 0 unspecified atom stereocenters. The number of esters is 1. The molecule has 0 saturated carbocycles. The molecular formula is C21H22Cl2N2O5S. The number of carbonyl (C=O) groups is 2. The molecule has 2 aromatic carbocycles. The fraction of sp³-hybridized carbons (Fsp3) is 0.333. The highest BCUT2D eigenvalue weighted by molar-refractivity contribution is 7.89. The van der Waals surface area contributed by atoms with Gasteiger partial charge in [0.2, 0.25) is 10.0 Å². The Morgan fingerprint density at radius 2 is 1.71 bits per heavy atom. The standard InChI is InChI=1S/C21H22Cl2N2O5S/c22-18-7-3-2-6-15(18)13-24-20(26)14-30-21(27)17-12-16(8-9-19(17)23)31(28,29)25-10-4-1-5-11-25/h2-3,6-9,12H,1,4-5,10-11,13-14H2,(H,24,26). The van der Waals surface area contributed by atoms with Gasteiger partial charge in [0, 0.05) is 24.7 Å². The maximum Gasteiger partial charge on any atom is 0.340 e. The van der Waals surface area contributed by atoms with Gasteiger partial charge in [-0.2, -0.15) is 4.31 Å². The van der Waals surface area contributed by atoms with Gasteiger partial charge in [-0.05, 0) is 42.7 Å². The van der Waals surface area contributed by atoms with Gasteiger partial charge < -0.3 is 10.1 Å². The Hall–Kier alpha value is -2.13. The van der Waals surface area contributed by atoms with E-state index in [2.05, 4.69) is 5.32 Å². The SMILES string of the molecule is O=C(COC(=O)c1cc(S(=O)(=O)N2CCCCC2)ccc1Cl)NCc1ccccc1Cl. The third kappa shape index (κ3) is 5.98. The summed E-state index contributed by atoms with van der Waals surface area (Å²) >= 11 is 12.1. The van der Waals surface area contributed by atoms with E-state index < -0.39 is 28.5 Å². The van der Waals surface area contributed by atoms with Gasteiger partial charge in [0.1, 0.15) is 0 Å². The van der Waals surface area contributed by atoms with Crippen molar-refractivity contribution in [1.82, 2.24) is 9.62 Å². The number of rotatable bonds is 7. The van der Waals surface area contributed by atoms with Crippen LogP contribution in [0.2, 0.25) is 10.0 Å². The zero-order chi connectivity index (χ0) is 22.4. The first-order valence-corrected chi connectivity index (χ1v) is 12.0. The normalized spacial score (nSPS) is 14.8. The summed E-state index contributed by atoms with van der Waals surface area (Å²) in [5, 5.41) is 3.16. The first-order chi connectivity index (χ1) is 14.8. The molecule has 1 aliphatic heterocycles. The third-order valence-electron chi connectivity index (χ3n) is 4.88. The highest BCUT2D eigenvalue weighted by Crippen LogP contribution is 2.25. The fourth-order valence-electron chi connectivity index (χ4n) is 3.17. The van der Waals surface area contributed by atoms with Gasteiger partial charge in [0.15, 0.2) is 6.61 Å². The molecule has 2 aromatic rings. The van der Waals surface area contributed by atoms with E-state index in [1.807, 2.05) is 0 Å². The molecule has 1 amide bonds. The summed E-state index contributed by atoms with van der Waals surface area (Å²) in [4.78, 5) is 24.4. The average molecular weight is 485 g/mol. The van der Waals surface area contributed by atoms with Crippen molar-refractivity contribution >= 4 is 45.1 Å². The number of piperidine rings is 1. The van der Waals surface area contributed by atoms with Gasteiger partial charge in [-0.25, -0.2) is 13.2 Å². The molecule has 0 atom stereocenters. The van der Waals surface area contributed by atoms with Crippen LogP contribution in [0.1, 0.15) is 35.2 Å². The van der Waals surface area contributed by atoms with Gasteiger partial charge in [0.05, 0.1) is 15.5 Å². The molecule has 0 bridgehead atoms. The molecule has 1 saturated heterocycles. The molecule has 1 N–H and O–H groups in total. The second-order valence-electron chi connectivity index (χ2n) is 7.05. The lowest BCUT2D eigenvalue weighted by Gasteiger charge is -2.26. The summed E-state index contributed by atoms with van der Waals surface area (Å²) < 4.78 is 32.1. The molecule has 10 heteroatoms. The third-order valence-corrected chi connectivity index (χ3v) is 7.47. The van der Waals surface area contributed by atoms with Crippen molar-refractivity contribution in [2.75, 3.05) is 19.7 Å². The van der Waals surface area contributed by atoms with E-state index in [9.17, 15) is 18.0 Å². The summed E-state index contributed by atoms with van der Waals surface area (Å²) in [6, 6.07) is 10.9. The van der Waals surface area contributed by atoms with E-state index in [0.29, 0.717) is 18.1 Å². The highest BCUT2D eigenvalue weighted by atomic mass is 35.5. The van der Waals surface area contributed by atoms with Crippen LogP contribution < -0.4 is 5.32 Å². The summed E-state index contributed by atoms with van der Waals surface area (Å²) in [6.45, 7) is 0.524. The summed E-state index contributed by atoms with van der Waals surface area (Å²) in [5.74, 6) is -1.41. The largest absolute Gasteiger partial charge is 0.452 e. The second kappa shape index (κ2) is 10.5. The summed E-state index contributed by atoms with van der Waals surface area (Å²) in [5.41, 5.74) is 0.612. The quantitative estimate of drug-likeness (QED) is 0.605. The van der Waals surface area contributed by atoms with Crippen LogP contribution in [0.5, 0.6) is 0 Å². The molecule has 7 nitrogen and oxygen atoms in total. The molecular weight excluding hydrogens is 463 g/mol. The van der Waals surface area contributed by atoms with Crippen molar-refractivity contribution in [2.45, 2.75) is 30.7 Å². The van der Waals surface area contributed by atoms with Crippen molar-refractivity contribution in [3.63, 3.8) is 0 Å². The van der Waals surface area contributed by atoms with E-state index in [0.717, 1.165) is 24.8 Å². The van der Waals surface area contributed by atoms with E-state index in [4.69, 9.17) is 27.9 Å². The molecule has 0 spiro atoms. The zero-order valence-electron chi connectivity index (χ0n) is 16.6. The minimum absolute atomic E-state index is 0.0334. The van der Waals surface area contributed by atoms with Crippen molar-refractivity contribution < 1.29 is 22.7 Å². The lowest BCUT2D eigenvalue weighted by Crippen LogP contribution is -2.35. The van der Waals surface area contributed by atoms with Gasteiger partial charge in [-0.15, -0.1) is 0 Å². The molecule has 0 radical (unpaired) electrons. The van der Waals surface area contributed by atoms with Crippen LogP contribution in [0.3, 0.4) is 0 Å². The number of amides is 1. The number of carbonyl (C=O) groups excluding carboxylic acids is 2. The maximum atomic E-state index is 12.8. The zero-order valence-corrected chi connectivity index (χ0v) is 19.0. The lowest BCUT2D eigenvalue weighted by atomic mass is 10.2. The van der Waals surface area contributed by atoms with Crippen molar-refractivity contribution in [1.29, 1.82) is 0 Å². The van der Waals surface area contributed by atoms with Crippen LogP contribution in [0.15, 0.2) is 47.4 Å². The molecule has 31 heavy (non-hydrogen) atoms. The van der Waals surface area contributed by atoms with Gasteiger partial charge >= 0.3 is 5.97 Å². The van der Waals surface area contributed by atoms with Crippen molar-refractivity contribution in [3.05, 3.63) is 63.6 Å². The predicted molar refractivity (Wildman–Crippen MR) is 118 cm³/mol. The Labute approximate surface area is 191 Å². The first-order valence-electron chi connectivity index (χ1n) is 9.76. The molecule has 0 aliphatic carbocycles. The minimum atomic E-state index is -3.73. The number of ether oxygens (including phenoxy) is 1. The van der Waals surface area contributed by atoms with Crippen LogP contribution in [0.25, 0.3) is 0 Å². The first kappa shape index (κ1) is 23.5. The lowest BCUT2D eigenvalue weighted by molar-refractivity contribution is -0.124. The fourth-order valence-corrected chi connectivity index (χ4v) is 5.11. The Morgan fingerprint density at radius 3 is 2.42 bits per heavy atom. The number of benzene rings is 2. The van der Waals surface area contributed by atoms with Gasteiger partial charge in [0.25, 0.3) is 5.91 Å².